The predicted octanol–water partition coefficient (Wildman–Crippen LogP) is 3.51. The lowest BCUT2D eigenvalue weighted by molar-refractivity contribution is 0.0341. The molecular weight excluding hydrogens is 352 g/mol. The molecule has 0 bridgehead atoms. The van der Waals surface area contributed by atoms with E-state index >= 15 is 0 Å². The third kappa shape index (κ3) is 4.72. The number of carbonyl (C=O) groups is 1. The van der Waals surface area contributed by atoms with E-state index in [2.05, 4.69) is 29.2 Å². The van der Waals surface area contributed by atoms with Crippen LogP contribution in [0.5, 0.6) is 0 Å². The Labute approximate surface area is 166 Å². The van der Waals surface area contributed by atoms with Crippen LogP contribution in [0.25, 0.3) is 0 Å². The van der Waals surface area contributed by atoms with Crippen LogP contribution >= 0.6 is 0 Å². The maximum Gasteiger partial charge on any atom is 0.410 e. The third-order valence-corrected chi connectivity index (χ3v) is 5.59. The first-order valence-electron chi connectivity index (χ1n) is 10.2. The molecule has 0 saturated carbocycles. The molecule has 2 aliphatic heterocycles. The molecule has 2 aliphatic rings. The number of carbonyl (C=O) groups excluding carboxylic acids is 1. The van der Waals surface area contributed by atoms with Crippen molar-refractivity contribution in [2.45, 2.75) is 25.0 Å². The Kier molecular flexibility index (Phi) is 6.24. The van der Waals surface area contributed by atoms with Gasteiger partial charge in [0.05, 0.1) is 25.8 Å². The van der Waals surface area contributed by atoms with E-state index in [0.717, 1.165) is 45.7 Å². The minimum absolute atomic E-state index is 0.0392. The number of hydrogen-bond acceptors (Lipinski definition) is 4. The topological polar surface area (TPSA) is 42.0 Å². The standard InChI is InChI=1S/C23H28N2O3/c26-23-25(18-21(28-23)17-19-7-3-1-4-8-19)22(20-9-5-2-6-10-20)11-12-24-13-15-27-16-14-24/h1-10,21-22H,11-18H2/t21-,22-/m0/s1. The quantitative estimate of drug-likeness (QED) is 0.737. The van der Waals surface area contributed by atoms with Crippen LogP contribution in [0.15, 0.2) is 60.7 Å². The van der Waals surface area contributed by atoms with Gasteiger partial charge in [-0.05, 0) is 17.5 Å². The summed E-state index contributed by atoms with van der Waals surface area (Å²) in [5.41, 5.74) is 2.37. The smallest absolute Gasteiger partial charge is 0.410 e. The van der Waals surface area contributed by atoms with Gasteiger partial charge in [0.25, 0.3) is 0 Å². The Morgan fingerprint density at radius 2 is 1.64 bits per heavy atom. The summed E-state index contributed by atoms with van der Waals surface area (Å²) in [4.78, 5) is 17.0. The van der Waals surface area contributed by atoms with Gasteiger partial charge in [-0.25, -0.2) is 4.79 Å². The molecule has 5 heteroatoms. The van der Waals surface area contributed by atoms with Crippen LogP contribution in [0.3, 0.4) is 0 Å². The monoisotopic (exact) mass is 380 g/mol. The van der Waals surface area contributed by atoms with E-state index in [1.807, 2.05) is 41.3 Å². The van der Waals surface area contributed by atoms with E-state index in [4.69, 9.17) is 9.47 Å². The van der Waals surface area contributed by atoms with Gasteiger partial charge in [-0.15, -0.1) is 0 Å². The number of benzene rings is 2. The molecule has 0 unspecified atom stereocenters. The molecule has 1 amide bonds. The highest BCUT2D eigenvalue weighted by atomic mass is 16.6. The second kappa shape index (κ2) is 9.22. The van der Waals surface area contributed by atoms with Gasteiger partial charge >= 0.3 is 6.09 Å². The van der Waals surface area contributed by atoms with Crippen LogP contribution < -0.4 is 0 Å². The van der Waals surface area contributed by atoms with Crippen molar-refractivity contribution < 1.29 is 14.3 Å². The summed E-state index contributed by atoms with van der Waals surface area (Å²) in [6.07, 6.45) is 1.37. The maximum absolute atomic E-state index is 12.7. The summed E-state index contributed by atoms with van der Waals surface area (Å²) in [5.74, 6) is 0. The molecule has 0 N–H and O–H groups in total. The average molecular weight is 380 g/mol. The lowest BCUT2D eigenvalue weighted by atomic mass is 10.0. The van der Waals surface area contributed by atoms with E-state index < -0.39 is 0 Å². The SMILES string of the molecule is O=C1O[C@@H](Cc2ccccc2)CN1[C@@H](CCN1CCOCC1)c1ccccc1. The molecule has 28 heavy (non-hydrogen) atoms. The van der Waals surface area contributed by atoms with Crippen LogP contribution in [0, 0.1) is 0 Å². The zero-order valence-corrected chi connectivity index (χ0v) is 16.2. The molecule has 0 spiro atoms. The predicted molar refractivity (Wildman–Crippen MR) is 108 cm³/mol. The van der Waals surface area contributed by atoms with E-state index in [-0.39, 0.29) is 18.2 Å². The Morgan fingerprint density at radius 1 is 0.964 bits per heavy atom. The second-order valence-corrected chi connectivity index (χ2v) is 7.52. The molecule has 2 saturated heterocycles. The molecule has 5 nitrogen and oxygen atoms in total. The number of rotatable bonds is 7. The summed E-state index contributed by atoms with van der Waals surface area (Å²) in [7, 11) is 0. The van der Waals surface area contributed by atoms with E-state index in [0.29, 0.717) is 6.54 Å². The first-order valence-corrected chi connectivity index (χ1v) is 10.2. The van der Waals surface area contributed by atoms with Gasteiger partial charge in [0.15, 0.2) is 0 Å². The minimum atomic E-state index is -0.197. The van der Waals surface area contributed by atoms with Crippen LogP contribution in [-0.4, -0.2) is 61.4 Å². The summed E-state index contributed by atoms with van der Waals surface area (Å²) < 4.78 is 11.2. The number of ether oxygens (including phenoxy) is 2. The van der Waals surface area contributed by atoms with Gasteiger partial charge in [0, 0.05) is 26.1 Å². The van der Waals surface area contributed by atoms with Crippen molar-refractivity contribution >= 4 is 6.09 Å². The van der Waals surface area contributed by atoms with Gasteiger partial charge in [-0.2, -0.15) is 0 Å². The van der Waals surface area contributed by atoms with Crippen molar-refractivity contribution in [1.82, 2.24) is 9.80 Å². The molecule has 2 atom stereocenters. The average Bonchev–Trinajstić information content (AvgIpc) is 3.10. The first kappa shape index (κ1) is 19.0. The number of nitrogens with zero attached hydrogens (tertiary/aromatic N) is 2. The summed E-state index contributed by atoms with van der Waals surface area (Å²) >= 11 is 0. The fourth-order valence-electron chi connectivity index (χ4n) is 4.09. The normalized spacial score (nSPS) is 21.5. The molecule has 2 aromatic rings. The zero-order chi connectivity index (χ0) is 19.2. The van der Waals surface area contributed by atoms with Crippen molar-refractivity contribution in [2.24, 2.45) is 0 Å². The molecule has 0 radical (unpaired) electrons. The lowest BCUT2D eigenvalue weighted by Crippen LogP contribution is -2.39. The highest BCUT2D eigenvalue weighted by molar-refractivity contribution is 5.70. The highest BCUT2D eigenvalue weighted by Crippen LogP contribution is 2.30. The molecule has 4 rings (SSSR count). The Balaban J connectivity index is 1.45. The molecular formula is C23H28N2O3. The summed E-state index contributed by atoms with van der Waals surface area (Å²) in [5, 5.41) is 0. The molecule has 2 fully saturated rings. The highest BCUT2D eigenvalue weighted by Gasteiger charge is 2.36. The van der Waals surface area contributed by atoms with Crippen molar-refractivity contribution in [1.29, 1.82) is 0 Å². The molecule has 2 heterocycles. The number of amides is 1. The van der Waals surface area contributed by atoms with Crippen molar-refractivity contribution in [3.8, 4) is 0 Å². The Hall–Kier alpha value is -2.37. The van der Waals surface area contributed by atoms with Crippen molar-refractivity contribution in [3.05, 3.63) is 71.8 Å². The van der Waals surface area contributed by atoms with Gasteiger partial charge < -0.3 is 9.47 Å². The minimum Gasteiger partial charge on any atom is -0.444 e. The number of hydrogen-bond donors (Lipinski definition) is 0. The number of cyclic esters (lactones) is 1. The first-order chi connectivity index (χ1) is 13.8. The largest absolute Gasteiger partial charge is 0.444 e. The fraction of sp³-hybridized carbons (Fsp3) is 0.435. The van der Waals surface area contributed by atoms with Crippen LogP contribution in [-0.2, 0) is 15.9 Å². The maximum atomic E-state index is 12.7. The van der Waals surface area contributed by atoms with E-state index in [1.54, 1.807) is 0 Å². The fourth-order valence-corrected chi connectivity index (χ4v) is 4.09. The third-order valence-electron chi connectivity index (χ3n) is 5.59. The van der Waals surface area contributed by atoms with Gasteiger partial charge in [0.1, 0.15) is 6.10 Å². The van der Waals surface area contributed by atoms with Gasteiger partial charge in [0.2, 0.25) is 0 Å². The molecule has 148 valence electrons. The summed E-state index contributed by atoms with van der Waals surface area (Å²) in [6.45, 7) is 5.10. The Bertz CT molecular complexity index is 747. The second-order valence-electron chi connectivity index (χ2n) is 7.52. The molecule has 0 aromatic heterocycles. The van der Waals surface area contributed by atoms with Crippen molar-refractivity contribution in [2.75, 3.05) is 39.4 Å². The van der Waals surface area contributed by atoms with Crippen molar-refractivity contribution in [3.63, 3.8) is 0 Å². The van der Waals surface area contributed by atoms with E-state index in [9.17, 15) is 4.79 Å². The lowest BCUT2D eigenvalue weighted by Gasteiger charge is -2.31. The molecule has 2 aromatic carbocycles. The van der Waals surface area contributed by atoms with Gasteiger partial charge in [-0.3, -0.25) is 9.80 Å². The molecule has 0 aliphatic carbocycles. The van der Waals surface area contributed by atoms with E-state index in [1.165, 1.54) is 11.1 Å². The summed E-state index contributed by atoms with van der Waals surface area (Å²) in [6, 6.07) is 20.6. The van der Waals surface area contributed by atoms with Gasteiger partial charge in [-0.1, -0.05) is 60.7 Å². The Morgan fingerprint density at radius 3 is 2.36 bits per heavy atom. The van der Waals surface area contributed by atoms with Crippen LogP contribution in [0.1, 0.15) is 23.6 Å². The number of morpholine rings is 1. The van der Waals surface area contributed by atoms with Crippen LogP contribution in [0.4, 0.5) is 4.79 Å². The zero-order valence-electron chi connectivity index (χ0n) is 16.2. The van der Waals surface area contributed by atoms with Crippen LogP contribution in [0.2, 0.25) is 0 Å².